The van der Waals surface area contributed by atoms with Crippen molar-refractivity contribution in [3.05, 3.63) is 98.1 Å². The van der Waals surface area contributed by atoms with Gasteiger partial charge in [0, 0.05) is 29.0 Å². The van der Waals surface area contributed by atoms with Crippen LogP contribution in [-0.4, -0.2) is 30.1 Å². The number of thiophene rings is 1. The number of nitrogens with zero attached hydrogens (tertiary/aromatic N) is 5. The van der Waals surface area contributed by atoms with E-state index >= 15 is 0 Å². The summed E-state index contributed by atoms with van der Waals surface area (Å²) in [4.78, 5) is 19.8. The van der Waals surface area contributed by atoms with Crippen LogP contribution >= 0.6 is 11.3 Å². The molecule has 1 atom stereocenters. The van der Waals surface area contributed by atoms with E-state index in [1.807, 2.05) is 24.3 Å². The number of pyridine rings is 1. The van der Waals surface area contributed by atoms with Crippen LogP contribution in [0.5, 0.6) is 0 Å². The number of tetrazole rings is 1. The van der Waals surface area contributed by atoms with Crippen molar-refractivity contribution in [1.82, 2.24) is 30.1 Å². The molecule has 0 unspecified atom stereocenters. The number of nitrogens with one attached hydrogen (secondary N) is 1. The van der Waals surface area contributed by atoms with Gasteiger partial charge in [-0.2, -0.15) is 0 Å². The summed E-state index contributed by atoms with van der Waals surface area (Å²) >= 11 is 1.71. The number of benzene rings is 1. The standard InChI is InChI=1S/C27H30N6O2S/c1-4-19-9-10-24-20(13-19)14-21(27(34)28-24)15-32(17-23-8-6-12-36-23)25(18(2)3)26-29-30-31-33(26)16-22-7-5-11-35-22/h5-14,18,25H,4,15-17H2,1-3H3,(H,28,34)/t25-/m0/s1. The van der Waals surface area contributed by atoms with Gasteiger partial charge in [-0.15, -0.1) is 16.4 Å². The predicted molar refractivity (Wildman–Crippen MR) is 141 cm³/mol. The molecule has 0 radical (unpaired) electrons. The van der Waals surface area contributed by atoms with Gasteiger partial charge in [-0.25, -0.2) is 4.68 Å². The highest BCUT2D eigenvalue weighted by atomic mass is 32.1. The van der Waals surface area contributed by atoms with E-state index in [9.17, 15) is 4.79 Å². The average Bonchev–Trinajstić information content (AvgIpc) is 3.64. The molecule has 4 aromatic heterocycles. The average molecular weight is 503 g/mol. The zero-order valence-electron chi connectivity index (χ0n) is 20.7. The first-order valence-electron chi connectivity index (χ1n) is 12.2. The van der Waals surface area contributed by atoms with Crippen molar-refractivity contribution in [2.45, 2.75) is 52.9 Å². The normalized spacial score (nSPS) is 12.7. The second-order valence-electron chi connectivity index (χ2n) is 9.35. The van der Waals surface area contributed by atoms with Gasteiger partial charge < -0.3 is 9.40 Å². The summed E-state index contributed by atoms with van der Waals surface area (Å²) in [5.74, 6) is 1.73. The molecule has 1 N–H and O–H groups in total. The van der Waals surface area contributed by atoms with E-state index in [0.29, 0.717) is 19.6 Å². The molecule has 0 saturated heterocycles. The molecule has 0 fully saturated rings. The van der Waals surface area contributed by atoms with Crippen molar-refractivity contribution in [2.75, 3.05) is 0 Å². The maximum absolute atomic E-state index is 13.1. The summed E-state index contributed by atoms with van der Waals surface area (Å²) in [5, 5.41) is 15.8. The first-order valence-corrected chi connectivity index (χ1v) is 13.1. The molecule has 9 heteroatoms. The van der Waals surface area contributed by atoms with Gasteiger partial charge in [0.2, 0.25) is 0 Å². The quantitative estimate of drug-likeness (QED) is 0.283. The lowest BCUT2D eigenvalue weighted by Gasteiger charge is -2.33. The first kappa shape index (κ1) is 24.1. The zero-order valence-corrected chi connectivity index (χ0v) is 21.5. The number of H-pyrrole nitrogens is 1. The fourth-order valence-electron chi connectivity index (χ4n) is 4.68. The van der Waals surface area contributed by atoms with E-state index in [1.165, 1.54) is 10.4 Å². The summed E-state index contributed by atoms with van der Waals surface area (Å²) < 4.78 is 7.34. The lowest BCUT2D eigenvalue weighted by Crippen LogP contribution is -2.35. The van der Waals surface area contributed by atoms with Crippen molar-refractivity contribution >= 4 is 22.2 Å². The monoisotopic (exact) mass is 502 g/mol. The number of rotatable bonds is 10. The Labute approximate surface area is 213 Å². The number of fused-ring (bicyclic) bond motifs is 1. The summed E-state index contributed by atoms with van der Waals surface area (Å²) in [6.45, 7) is 8.06. The molecule has 186 valence electrons. The SMILES string of the molecule is CCc1ccc2[nH]c(=O)c(CN(Cc3cccs3)[C@H](c3nnnn3Cc3ccco3)C(C)C)cc2c1. The van der Waals surface area contributed by atoms with E-state index in [0.717, 1.165) is 34.5 Å². The van der Waals surface area contributed by atoms with Gasteiger partial charge in [0.05, 0.1) is 12.3 Å². The van der Waals surface area contributed by atoms with Crippen LogP contribution in [0.4, 0.5) is 0 Å². The third-order valence-electron chi connectivity index (χ3n) is 6.44. The second-order valence-corrected chi connectivity index (χ2v) is 10.4. The molecular weight excluding hydrogens is 472 g/mol. The molecule has 36 heavy (non-hydrogen) atoms. The van der Waals surface area contributed by atoms with Crippen LogP contribution in [-0.2, 0) is 26.1 Å². The number of aromatic nitrogens is 5. The second kappa shape index (κ2) is 10.6. The van der Waals surface area contributed by atoms with Gasteiger partial charge >= 0.3 is 0 Å². The summed E-state index contributed by atoms with van der Waals surface area (Å²) in [5.41, 5.74) is 2.75. The Morgan fingerprint density at radius 3 is 2.75 bits per heavy atom. The number of hydrogen-bond acceptors (Lipinski definition) is 7. The minimum Gasteiger partial charge on any atom is -0.467 e. The molecule has 5 rings (SSSR count). The van der Waals surface area contributed by atoms with Gasteiger partial charge in [0.15, 0.2) is 5.82 Å². The Bertz CT molecular complexity index is 1470. The molecule has 1 aromatic carbocycles. The predicted octanol–water partition coefficient (Wildman–Crippen LogP) is 5.18. The fraction of sp³-hybridized carbons (Fsp3) is 0.333. The Hall–Kier alpha value is -3.56. The molecule has 0 aliphatic rings. The molecule has 5 aromatic rings. The largest absolute Gasteiger partial charge is 0.467 e. The minimum absolute atomic E-state index is 0.0689. The zero-order chi connectivity index (χ0) is 25.1. The Balaban J connectivity index is 1.54. The van der Waals surface area contributed by atoms with Crippen LogP contribution < -0.4 is 5.56 Å². The van der Waals surface area contributed by atoms with Crippen LogP contribution in [0.2, 0.25) is 0 Å². The molecule has 8 nitrogen and oxygen atoms in total. The van der Waals surface area contributed by atoms with Gasteiger partial charge in [-0.3, -0.25) is 9.69 Å². The smallest absolute Gasteiger partial charge is 0.252 e. The van der Waals surface area contributed by atoms with E-state index < -0.39 is 0 Å². The van der Waals surface area contributed by atoms with Crippen molar-refractivity contribution in [3.63, 3.8) is 0 Å². The maximum Gasteiger partial charge on any atom is 0.252 e. The molecule has 4 heterocycles. The van der Waals surface area contributed by atoms with Crippen LogP contribution in [0.15, 0.2) is 69.4 Å². The Morgan fingerprint density at radius 1 is 1.14 bits per heavy atom. The molecule has 0 aliphatic heterocycles. The molecule has 0 spiro atoms. The topological polar surface area (TPSA) is 92.8 Å². The molecule has 0 aliphatic carbocycles. The van der Waals surface area contributed by atoms with E-state index in [1.54, 1.807) is 22.3 Å². The highest BCUT2D eigenvalue weighted by Crippen LogP contribution is 2.31. The number of aromatic amines is 1. The van der Waals surface area contributed by atoms with Crippen molar-refractivity contribution in [2.24, 2.45) is 5.92 Å². The Morgan fingerprint density at radius 2 is 2.03 bits per heavy atom. The summed E-state index contributed by atoms with van der Waals surface area (Å²) in [7, 11) is 0. The molecular formula is C27H30N6O2S. The van der Waals surface area contributed by atoms with Crippen LogP contribution in [0, 0.1) is 5.92 Å². The van der Waals surface area contributed by atoms with Gasteiger partial charge in [-0.1, -0.05) is 32.9 Å². The first-order chi connectivity index (χ1) is 17.5. The third kappa shape index (κ3) is 5.17. The highest BCUT2D eigenvalue weighted by molar-refractivity contribution is 7.09. The van der Waals surface area contributed by atoms with E-state index in [-0.39, 0.29) is 17.5 Å². The Kier molecular flexibility index (Phi) is 7.11. The lowest BCUT2D eigenvalue weighted by molar-refractivity contribution is 0.127. The molecule has 0 saturated carbocycles. The van der Waals surface area contributed by atoms with Crippen molar-refractivity contribution in [1.29, 1.82) is 0 Å². The van der Waals surface area contributed by atoms with Gasteiger partial charge in [0.1, 0.15) is 12.3 Å². The van der Waals surface area contributed by atoms with Gasteiger partial charge in [-0.05, 0) is 75.5 Å². The number of hydrogen-bond donors (Lipinski definition) is 1. The van der Waals surface area contributed by atoms with Crippen molar-refractivity contribution < 1.29 is 4.42 Å². The van der Waals surface area contributed by atoms with Gasteiger partial charge in [0.25, 0.3) is 5.56 Å². The van der Waals surface area contributed by atoms with E-state index in [4.69, 9.17) is 4.42 Å². The maximum atomic E-state index is 13.1. The highest BCUT2D eigenvalue weighted by Gasteiger charge is 2.30. The summed E-state index contributed by atoms with van der Waals surface area (Å²) in [6, 6.07) is 16.1. The minimum atomic E-state index is -0.117. The number of aryl methyl sites for hydroxylation is 1. The third-order valence-corrected chi connectivity index (χ3v) is 7.30. The van der Waals surface area contributed by atoms with Crippen LogP contribution in [0.3, 0.4) is 0 Å². The number of furan rings is 1. The van der Waals surface area contributed by atoms with Crippen LogP contribution in [0.25, 0.3) is 10.9 Å². The molecule has 0 amide bonds. The molecule has 0 bridgehead atoms. The summed E-state index contributed by atoms with van der Waals surface area (Å²) in [6.07, 6.45) is 2.60. The van der Waals surface area contributed by atoms with Crippen molar-refractivity contribution in [3.8, 4) is 0 Å². The fourth-order valence-corrected chi connectivity index (χ4v) is 5.41. The lowest BCUT2D eigenvalue weighted by atomic mass is 10.00. The van der Waals surface area contributed by atoms with Crippen LogP contribution in [0.1, 0.15) is 54.4 Å². The van der Waals surface area contributed by atoms with E-state index in [2.05, 4.69) is 75.8 Å².